The zero-order valence-corrected chi connectivity index (χ0v) is 17.0. The number of aromatic nitrogens is 3. The maximum absolute atomic E-state index is 12.5. The first-order chi connectivity index (χ1) is 13.6. The molecule has 1 fully saturated rings. The summed E-state index contributed by atoms with van der Waals surface area (Å²) >= 11 is 1.45. The highest BCUT2D eigenvalue weighted by atomic mass is 32.2. The summed E-state index contributed by atoms with van der Waals surface area (Å²) in [5, 5.41) is 12.7. The molecule has 1 amide bonds. The van der Waals surface area contributed by atoms with Crippen molar-refractivity contribution in [1.29, 1.82) is 0 Å². The van der Waals surface area contributed by atoms with Crippen LogP contribution in [-0.4, -0.2) is 26.4 Å². The molecule has 144 valence electrons. The molecule has 0 saturated heterocycles. The van der Waals surface area contributed by atoms with E-state index in [1.807, 2.05) is 50.2 Å². The average molecular weight is 393 g/mol. The van der Waals surface area contributed by atoms with Crippen LogP contribution in [0.15, 0.2) is 53.7 Å². The van der Waals surface area contributed by atoms with Gasteiger partial charge < -0.3 is 9.88 Å². The van der Waals surface area contributed by atoms with Gasteiger partial charge in [-0.3, -0.25) is 4.79 Å². The number of hydrogen-bond acceptors (Lipinski definition) is 4. The molecule has 0 radical (unpaired) electrons. The van der Waals surface area contributed by atoms with Gasteiger partial charge in [0.1, 0.15) is 5.82 Å². The van der Waals surface area contributed by atoms with Crippen LogP contribution in [0, 0.1) is 13.8 Å². The predicted octanol–water partition coefficient (Wildman–Crippen LogP) is 4.55. The minimum Gasteiger partial charge on any atom is -0.325 e. The second-order valence-electron chi connectivity index (χ2n) is 7.29. The smallest absolute Gasteiger partial charge is 0.234 e. The highest BCUT2D eigenvalue weighted by Crippen LogP contribution is 2.40. The third kappa shape index (κ3) is 4.28. The van der Waals surface area contributed by atoms with Crippen molar-refractivity contribution in [2.45, 2.75) is 44.3 Å². The second kappa shape index (κ2) is 8.19. The SMILES string of the molecule is Cc1cccc(C)c1NC(=O)CSc1nnc(C2CC2)n1Cc1ccccc1. The normalized spacial score (nSPS) is 13.5. The highest BCUT2D eigenvalue weighted by molar-refractivity contribution is 7.99. The van der Waals surface area contributed by atoms with Crippen molar-refractivity contribution in [3.8, 4) is 0 Å². The van der Waals surface area contributed by atoms with Crippen LogP contribution in [0.2, 0.25) is 0 Å². The molecule has 1 heterocycles. The van der Waals surface area contributed by atoms with Gasteiger partial charge in [-0.15, -0.1) is 10.2 Å². The van der Waals surface area contributed by atoms with Gasteiger partial charge in [-0.1, -0.05) is 60.3 Å². The zero-order valence-electron chi connectivity index (χ0n) is 16.2. The molecule has 5 nitrogen and oxygen atoms in total. The molecule has 1 N–H and O–H groups in total. The lowest BCUT2D eigenvalue weighted by molar-refractivity contribution is -0.113. The number of aryl methyl sites for hydroxylation is 2. The fourth-order valence-corrected chi connectivity index (χ4v) is 4.03. The van der Waals surface area contributed by atoms with Gasteiger partial charge in [0.25, 0.3) is 0 Å². The first kappa shape index (κ1) is 18.7. The van der Waals surface area contributed by atoms with Gasteiger partial charge in [-0.05, 0) is 43.4 Å². The van der Waals surface area contributed by atoms with Crippen molar-refractivity contribution in [2.24, 2.45) is 0 Å². The van der Waals surface area contributed by atoms with Crippen LogP contribution in [0.5, 0.6) is 0 Å². The molecule has 2 aromatic carbocycles. The summed E-state index contributed by atoms with van der Waals surface area (Å²) in [5.74, 6) is 1.84. The van der Waals surface area contributed by atoms with Gasteiger partial charge >= 0.3 is 0 Å². The van der Waals surface area contributed by atoms with E-state index in [-0.39, 0.29) is 5.91 Å². The van der Waals surface area contributed by atoms with Gasteiger partial charge in [-0.2, -0.15) is 0 Å². The molecule has 0 atom stereocenters. The Morgan fingerprint density at radius 3 is 2.46 bits per heavy atom. The Hall–Kier alpha value is -2.60. The lowest BCUT2D eigenvalue weighted by Gasteiger charge is -2.12. The van der Waals surface area contributed by atoms with Gasteiger partial charge in [0.05, 0.1) is 12.3 Å². The lowest BCUT2D eigenvalue weighted by Crippen LogP contribution is -2.16. The number of benzene rings is 2. The van der Waals surface area contributed by atoms with Crippen LogP contribution in [0.1, 0.15) is 41.3 Å². The van der Waals surface area contributed by atoms with Crippen molar-refractivity contribution >= 4 is 23.4 Å². The van der Waals surface area contributed by atoms with Gasteiger partial charge in [0.15, 0.2) is 5.16 Å². The van der Waals surface area contributed by atoms with Gasteiger partial charge in [0.2, 0.25) is 5.91 Å². The maximum atomic E-state index is 12.5. The van der Waals surface area contributed by atoms with Gasteiger partial charge in [0, 0.05) is 11.6 Å². The first-order valence-electron chi connectivity index (χ1n) is 9.57. The standard InChI is InChI=1S/C22H24N4OS/c1-15-7-6-8-16(2)20(15)23-19(27)14-28-22-25-24-21(18-11-12-18)26(22)13-17-9-4-3-5-10-17/h3-10,18H,11-14H2,1-2H3,(H,23,27). The molecule has 0 unspecified atom stereocenters. The average Bonchev–Trinajstić information content (AvgIpc) is 3.46. The molecular formula is C22H24N4OS. The fourth-order valence-electron chi connectivity index (χ4n) is 3.28. The summed E-state index contributed by atoms with van der Waals surface area (Å²) in [5.41, 5.74) is 4.26. The lowest BCUT2D eigenvalue weighted by atomic mass is 10.1. The van der Waals surface area contributed by atoms with Crippen LogP contribution in [-0.2, 0) is 11.3 Å². The topological polar surface area (TPSA) is 59.8 Å². The van der Waals surface area contributed by atoms with Crippen LogP contribution < -0.4 is 5.32 Å². The fraction of sp³-hybridized carbons (Fsp3) is 0.318. The van der Waals surface area contributed by atoms with Crippen LogP contribution in [0.3, 0.4) is 0 Å². The van der Waals surface area contributed by atoms with E-state index in [9.17, 15) is 4.79 Å². The molecule has 1 aliphatic rings. The first-order valence-corrected chi connectivity index (χ1v) is 10.6. The van der Waals surface area contributed by atoms with E-state index in [2.05, 4.69) is 32.2 Å². The molecule has 1 aliphatic carbocycles. The van der Waals surface area contributed by atoms with Crippen molar-refractivity contribution in [3.05, 3.63) is 71.0 Å². The molecular weight excluding hydrogens is 368 g/mol. The third-order valence-corrected chi connectivity index (χ3v) is 5.92. The van der Waals surface area contributed by atoms with Crippen molar-refractivity contribution in [2.75, 3.05) is 11.1 Å². The van der Waals surface area contributed by atoms with Crippen LogP contribution in [0.25, 0.3) is 0 Å². The van der Waals surface area contributed by atoms with E-state index < -0.39 is 0 Å². The van der Waals surface area contributed by atoms with Crippen LogP contribution in [0.4, 0.5) is 5.69 Å². The Balaban J connectivity index is 1.46. The van der Waals surface area contributed by atoms with E-state index in [0.29, 0.717) is 11.7 Å². The predicted molar refractivity (Wildman–Crippen MR) is 113 cm³/mol. The number of hydrogen-bond donors (Lipinski definition) is 1. The Morgan fingerprint density at radius 1 is 1.07 bits per heavy atom. The number of anilines is 1. The number of amides is 1. The third-order valence-electron chi connectivity index (χ3n) is 4.95. The van der Waals surface area contributed by atoms with Crippen molar-refractivity contribution < 1.29 is 4.79 Å². The number of para-hydroxylation sites is 1. The molecule has 0 spiro atoms. The quantitative estimate of drug-likeness (QED) is 0.599. The van der Waals surface area contributed by atoms with E-state index in [4.69, 9.17) is 0 Å². The zero-order chi connectivity index (χ0) is 19.5. The molecule has 0 bridgehead atoms. The number of rotatable bonds is 7. The molecule has 4 rings (SSSR count). The molecule has 1 saturated carbocycles. The van der Waals surface area contributed by atoms with Gasteiger partial charge in [-0.25, -0.2) is 0 Å². The number of thioether (sulfide) groups is 1. The van der Waals surface area contributed by atoms with Crippen LogP contribution >= 0.6 is 11.8 Å². The summed E-state index contributed by atoms with van der Waals surface area (Å²) in [4.78, 5) is 12.5. The molecule has 3 aromatic rings. The van der Waals surface area contributed by atoms with Crippen molar-refractivity contribution in [1.82, 2.24) is 14.8 Å². The Bertz CT molecular complexity index is 959. The Morgan fingerprint density at radius 2 is 1.79 bits per heavy atom. The highest BCUT2D eigenvalue weighted by Gasteiger charge is 2.30. The largest absolute Gasteiger partial charge is 0.325 e. The monoisotopic (exact) mass is 392 g/mol. The van der Waals surface area contributed by atoms with E-state index in [0.717, 1.165) is 34.3 Å². The number of nitrogens with one attached hydrogen (secondary N) is 1. The summed E-state index contributed by atoms with van der Waals surface area (Å²) < 4.78 is 2.17. The molecule has 28 heavy (non-hydrogen) atoms. The maximum Gasteiger partial charge on any atom is 0.234 e. The van der Waals surface area contributed by atoms with Crippen molar-refractivity contribution in [3.63, 3.8) is 0 Å². The van der Waals surface area contributed by atoms with E-state index in [1.54, 1.807) is 0 Å². The number of carbonyl (C=O) groups is 1. The molecule has 1 aromatic heterocycles. The minimum atomic E-state index is -0.0235. The molecule has 0 aliphatic heterocycles. The number of carbonyl (C=O) groups excluding carboxylic acids is 1. The number of nitrogens with zero attached hydrogens (tertiary/aromatic N) is 3. The molecule has 6 heteroatoms. The summed E-state index contributed by atoms with van der Waals surface area (Å²) in [6.45, 7) is 4.75. The second-order valence-corrected chi connectivity index (χ2v) is 8.23. The minimum absolute atomic E-state index is 0.0235. The van der Waals surface area contributed by atoms with E-state index in [1.165, 1.54) is 30.2 Å². The summed E-state index contributed by atoms with van der Waals surface area (Å²) in [7, 11) is 0. The summed E-state index contributed by atoms with van der Waals surface area (Å²) in [6.07, 6.45) is 2.34. The summed E-state index contributed by atoms with van der Waals surface area (Å²) in [6, 6.07) is 16.3. The Kier molecular flexibility index (Phi) is 5.48. The Labute approximate surface area is 169 Å². The van der Waals surface area contributed by atoms with E-state index >= 15 is 0 Å².